The van der Waals surface area contributed by atoms with E-state index in [9.17, 15) is 40.2 Å². The van der Waals surface area contributed by atoms with E-state index in [-0.39, 0.29) is 34.3 Å². The van der Waals surface area contributed by atoms with E-state index in [1.807, 2.05) is 0 Å². The van der Waals surface area contributed by atoms with Gasteiger partial charge in [-0.3, -0.25) is 0 Å². The van der Waals surface area contributed by atoms with Gasteiger partial charge < -0.3 is 54.4 Å². The van der Waals surface area contributed by atoms with Crippen molar-refractivity contribution in [3.63, 3.8) is 0 Å². The third kappa shape index (κ3) is 4.92. The van der Waals surface area contributed by atoms with E-state index in [0.717, 1.165) is 0 Å². The molecule has 2 heterocycles. The predicted octanol–water partition coefficient (Wildman–Crippen LogP) is -2.06. The lowest BCUT2D eigenvalue weighted by atomic mass is 9.98. The number of phenolic OH excluding ortho intramolecular Hbond substituents is 1. The molecule has 0 fully saturated rings. The largest absolute Gasteiger partial charge is 0.506 e. The van der Waals surface area contributed by atoms with Gasteiger partial charge in [0.15, 0.2) is 12.4 Å². The smallest absolute Gasteiger partial charge is 0.347 e. The number of esters is 1. The number of aliphatic hydroxyl groups excluding tert-OH is 6. The van der Waals surface area contributed by atoms with E-state index >= 15 is 0 Å². The second-order valence-corrected chi connectivity index (χ2v) is 7.86. The summed E-state index contributed by atoms with van der Waals surface area (Å²) < 4.78 is 20.8. The SMILES string of the molecule is CO[C@@H]1C[C@@H](O[C@H](O)[C@H](O)[C@H](O)[C@H](O)[C@H](O)CO)c2c(cc3cc(C)oc(=O)c3c2O)OC1=O. The fourth-order valence-electron chi connectivity index (χ4n) is 3.70. The van der Waals surface area contributed by atoms with Gasteiger partial charge in [0.25, 0.3) is 0 Å². The molecule has 7 N–H and O–H groups in total. The third-order valence-electron chi connectivity index (χ3n) is 5.53. The van der Waals surface area contributed by atoms with E-state index in [0.29, 0.717) is 0 Å². The standard InChI is InChI=1S/C21H26O13/c1-7-3-8-4-10-14(16(25)13(8)20(29)32-7)11(5-12(31-2)19(28)33-10)34-21(30)18(27)17(26)15(24)9(23)6-22/h3-4,9,11-12,15,17-18,21-27,30H,5-6H2,1-2H3/t9-,11-,12-,15-,17-,18-,21+/m1/s1. The van der Waals surface area contributed by atoms with Gasteiger partial charge in [0, 0.05) is 13.5 Å². The van der Waals surface area contributed by atoms with Crippen LogP contribution >= 0.6 is 0 Å². The van der Waals surface area contributed by atoms with Gasteiger partial charge in [0.2, 0.25) is 0 Å². The zero-order valence-corrected chi connectivity index (χ0v) is 18.2. The van der Waals surface area contributed by atoms with Crippen molar-refractivity contribution < 1.29 is 59.2 Å². The Morgan fingerprint density at radius 2 is 1.74 bits per heavy atom. The summed E-state index contributed by atoms with van der Waals surface area (Å²) in [6, 6.07) is 2.72. The lowest BCUT2D eigenvalue weighted by Crippen LogP contribution is -2.50. The second kappa shape index (κ2) is 10.3. The summed E-state index contributed by atoms with van der Waals surface area (Å²) in [7, 11) is 1.20. The lowest BCUT2D eigenvalue weighted by Gasteiger charge is -2.30. The molecule has 7 atom stereocenters. The molecule has 1 aliphatic heterocycles. The van der Waals surface area contributed by atoms with Gasteiger partial charge in [0.1, 0.15) is 47.1 Å². The van der Waals surface area contributed by atoms with Crippen LogP contribution in [0.4, 0.5) is 0 Å². The van der Waals surface area contributed by atoms with Crippen molar-refractivity contribution in [3.8, 4) is 11.5 Å². The number of methoxy groups -OCH3 is 1. The Kier molecular flexibility index (Phi) is 7.90. The fraction of sp³-hybridized carbons (Fsp3) is 0.524. The Bertz CT molecular complexity index is 1100. The molecule has 0 unspecified atom stereocenters. The van der Waals surface area contributed by atoms with Crippen molar-refractivity contribution in [2.45, 2.75) is 56.3 Å². The van der Waals surface area contributed by atoms with Gasteiger partial charge >= 0.3 is 11.6 Å². The quantitative estimate of drug-likeness (QED) is 0.121. The van der Waals surface area contributed by atoms with Crippen LogP contribution in [0.15, 0.2) is 21.3 Å². The molecule has 3 rings (SSSR count). The first-order valence-corrected chi connectivity index (χ1v) is 10.2. The van der Waals surface area contributed by atoms with Crippen LogP contribution in [0.25, 0.3) is 10.8 Å². The number of carbonyl (C=O) groups excluding carboxylic acids is 1. The number of fused-ring (bicyclic) bond motifs is 2. The highest BCUT2D eigenvalue weighted by molar-refractivity contribution is 5.92. The maximum atomic E-state index is 12.5. The monoisotopic (exact) mass is 486 g/mol. The number of aromatic hydroxyl groups is 1. The molecule has 0 aliphatic carbocycles. The lowest BCUT2D eigenvalue weighted by molar-refractivity contribution is -0.231. The summed E-state index contributed by atoms with van der Waals surface area (Å²) in [5.74, 6) is -1.49. The average Bonchev–Trinajstić information content (AvgIpc) is 2.91. The molecular weight excluding hydrogens is 460 g/mol. The summed E-state index contributed by atoms with van der Waals surface area (Å²) in [6.07, 6.45) is -13.5. The molecule has 1 aliphatic rings. The topological polar surface area (TPSA) is 217 Å². The number of phenols is 1. The zero-order chi connectivity index (χ0) is 25.3. The number of benzene rings is 1. The number of ether oxygens (including phenoxy) is 3. The van der Waals surface area contributed by atoms with Crippen LogP contribution in [0.1, 0.15) is 23.8 Å². The summed E-state index contributed by atoms with van der Waals surface area (Å²) in [4.78, 5) is 24.8. The van der Waals surface area contributed by atoms with Gasteiger partial charge in [-0.05, 0) is 24.4 Å². The Hall–Kier alpha value is -2.62. The van der Waals surface area contributed by atoms with Crippen LogP contribution in [0.2, 0.25) is 0 Å². The van der Waals surface area contributed by atoms with Crippen molar-refractivity contribution in [2.24, 2.45) is 0 Å². The molecular formula is C21H26O13. The van der Waals surface area contributed by atoms with Crippen molar-refractivity contribution in [1.82, 2.24) is 0 Å². The number of hydrogen-bond donors (Lipinski definition) is 7. The van der Waals surface area contributed by atoms with Crippen LogP contribution < -0.4 is 10.4 Å². The minimum atomic E-state index is -2.23. The minimum Gasteiger partial charge on any atom is -0.506 e. The highest BCUT2D eigenvalue weighted by atomic mass is 16.6. The van der Waals surface area contributed by atoms with E-state index in [1.54, 1.807) is 0 Å². The summed E-state index contributed by atoms with van der Waals surface area (Å²) >= 11 is 0. The second-order valence-electron chi connectivity index (χ2n) is 7.86. The number of aryl methyl sites for hydroxylation is 1. The van der Waals surface area contributed by atoms with Gasteiger partial charge in [0.05, 0.1) is 18.3 Å². The molecule has 188 valence electrons. The molecule has 13 nitrogen and oxygen atoms in total. The molecule has 1 aromatic carbocycles. The predicted molar refractivity (Wildman–Crippen MR) is 111 cm³/mol. The van der Waals surface area contributed by atoms with Gasteiger partial charge in [-0.15, -0.1) is 0 Å². The molecule has 34 heavy (non-hydrogen) atoms. The van der Waals surface area contributed by atoms with E-state index in [1.165, 1.54) is 26.2 Å². The molecule has 0 amide bonds. The maximum Gasteiger partial charge on any atom is 0.347 e. The number of aliphatic hydroxyl groups is 6. The summed E-state index contributed by atoms with van der Waals surface area (Å²) in [5, 5.41) is 69.6. The highest BCUT2D eigenvalue weighted by Crippen LogP contribution is 2.44. The molecule has 1 aromatic heterocycles. The van der Waals surface area contributed by atoms with Crippen molar-refractivity contribution >= 4 is 16.7 Å². The van der Waals surface area contributed by atoms with Crippen molar-refractivity contribution in [3.05, 3.63) is 33.9 Å². The van der Waals surface area contributed by atoms with Crippen LogP contribution in [0.5, 0.6) is 11.5 Å². The molecule has 0 saturated heterocycles. The minimum absolute atomic E-state index is 0.199. The molecule has 13 heteroatoms. The highest BCUT2D eigenvalue weighted by Gasteiger charge is 2.40. The first-order chi connectivity index (χ1) is 16.0. The Balaban J connectivity index is 2.04. The first-order valence-electron chi connectivity index (χ1n) is 10.2. The Labute approximate surface area is 192 Å². The zero-order valence-electron chi connectivity index (χ0n) is 18.2. The van der Waals surface area contributed by atoms with Gasteiger partial charge in [-0.25, -0.2) is 9.59 Å². The molecule has 0 spiro atoms. The molecule has 2 aromatic rings. The van der Waals surface area contributed by atoms with Crippen molar-refractivity contribution in [1.29, 1.82) is 0 Å². The number of rotatable bonds is 8. The van der Waals surface area contributed by atoms with E-state index in [4.69, 9.17) is 23.7 Å². The number of hydrogen-bond acceptors (Lipinski definition) is 13. The van der Waals surface area contributed by atoms with Crippen molar-refractivity contribution in [2.75, 3.05) is 13.7 Å². The molecule has 0 bridgehead atoms. The third-order valence-corrected chi connectivity index (χ3v) is 5.53. The normalized spacial score (nSPS) is 22.9. The van der Waals surface area contributed by atoms with Gasteiger partial charge in [-0.2, -0.15) is 0 Å². The van der Waals surface area contributed by atoms with E-state index in [2.05, 4.69) is 0 Å². The summed E-state index contributed by atoms with van der Waals surface area (Å²) in [6.45, 7) is 0.573. The maximum absolute atomic E-state index is 12.5. The molecule has 0 radical (unpaired) electrons. The molecule has 0 saturated carbocycles. The summed E-state index contributed by atoms with van der Waals surface area (Å²) in [5.41, 5.74) is -1.11. The number of carbonyl (C=O) groups is 1. The fourth-order valence-corrected chi connectivity index (χ4v) is 3.70. The average molecular weight is 486 g/mol. The Morgan fingerprint density at radius 1 is 1.06 bits per heavy atom. The van der Waals surface area contributed by atoms with Crippen LogP contribution in [0, 0.1) is 6.92 Å². The van der Waals surface area contributed by atoms with E-state index < -0.39 is 66.9 Å². The van der Waals surface area contributed by atoms with Crippen LogP contribution in [-0.4, -0.2) is 92.2 Å². The van der Waals surface area contributed by atoms with Crippen LogP contribution in [0.3, 0.4) is 0 Å². The Morgan fingerprint density at radius 3 is 2.35 bits per heavy atom. The van der Waals surface area contributed by atoms with Gasteiger partial charge in [-0.1, -0.05) is 0 Å². The first kappa shape index (κ1) is 26.0. The van der Waals surface area contributed by atoms with Crippen LogP contribution in [-0.2, 0) is 14.3 Å².